The number of hydrogen-bond acceptors (Lipinski definition) is 2. The number of aryl methyl sites for hydroxylation is 1. The Morgan fingerprint density at radius 3 is 2.67 bits per heavy atom. The van der Waals surface area contributed by atoms with Gasteiger partial charge in [-0.2, -0.15) is 18.3 Å². The van der Waals surface area contributed by atoms with Crippen molar-refractivity contribution >= 4 is 0 Å². The van der Waals surface area contributed by atoms with Crippen molar-refractivity contribution in [2.45, 2.75) is 50.9 Å². The minimum atomic E-state index is -4.29. The molecule has 2 rings (SSSR count). The van der Waals surface area contributed by atoms with Crippen LogP contribution in [0.5, 0.6) is 0 Å². The molecule has 102 valence electrons. The molecule has 1 aromatic rings. The van der Waals surface area contributed by atoms with Gasteiger partial charge in [-0.15, -0.1) is 0 Å². The number of alkyl halides is 3. The quantitative estimate of drug-likeness (QED) is 0.826. The summed E-state index contributed by atoms with van der Waals surface area (Å²) in [7, 11) is 0. The molecule has 0 unspecified atom stereocenters. The molecule has 6 heteroatoms. The van der Waals surface area contributed by atoms with Crippen LogP contribution >= 0.6 is 0 Å². The van der Waals surface area contributed by atoms with Crippen molar-refractivity contribution in [3.05, 3.63) is 18.0 Å². The highest BCUT2D eigenvalue weighted by molar-refractivity contribution is 5.08. The number of nitrogens with zero attached hydrogens (tertiary/aromatic N) is 2. The van der Waals surface area contributed by atoms with Crippen molar-refractivity contribution in [3.8, 4) is 0 Å². The van der Waals surface area contributed by atoms with E-state index in [0.717, 1.165) is 25.4 Å². The summed E-state index contributed by atoms with van der Waals surface area (Å²) in [6.45, 7) is 1.36. The molecule has 0 radical (unpaired) electrons. The highest BCUT2D eigenvalue weighted by Crippen LogP contribution is 2.28. The molecule has 0 bridgehead atoms. The van der Waals surface area contributed by atoms with Crippen molar-refractivity contribution in [1.82, 2.24) is 15.1 Å². The van der Waals surface area contributed by atoms with Gasteiger partial charge in [0.2, 0.25) is 0 Å². The first kappa shape index (κ1) is 13.4. The molecule has 1 fully saturated rings. The van der Waals surface area contributed by atoms with Crippen LogP contribution in [0, 0.1) is 0 Å². The fourth-order valence-electron chi connectivity index (χ4n) is 2.31. The average molecular weight is 261 g/mol. The second kappa shape index (κ2) is 5.73. The van der Waals surface area contributed by atoms with Gasteiger partial charge in [0, 0.05) is 18.8 Å². The minimum absolute atomic E-state index is 0.524. The highest BCUT2D eigenvalue weighted by Gasteiger charge is 2.32. The maximum absolute atomic E-state index is 12.3. The van der Waals surface area contributed by atoms with E-state index in [1.165, 1.54) is 30.4 Å². The second-order valence-electron chi connectivity index (χ2n) is 4.78. The molecule has 1 aromatic heterocycles. The zero-order valence-corrected chi connectivity index (χ0v) is 10.2. The molecule has 1 aliphatic carbocycles. The van der Waals surface area contributed by atoms with Gasteiger partial charge in [-0.05, 0) is 25.8 Å². The first-order chi connectivity index (χ1) is 8.55. The lowest BCUT2D eigenvalue weighted by molar-refractivity contribution is -0.137. The summed E-state index contributed by atoms with van der Waals surface area (Å²) in [6, 6.07) is 0.605. The van der Waals surface area contributed by atoms with Gasteiger partial charge in [-0.3, -0.25) is 4.68 Å². The predicted molar refractivity (Wildman–Crippen MR) is 62.1 cm³/mol. The molecule has 1 saturated carbocycles. The maximum Gasteiger partial charge on any atom is 0.419 e. The summed E-state index contributed by atoms with van der Waals surface area (Å²) in [5.74, 6) is 0. The number of rotatable bonds is 5. The van der Waals surface area contributed by atoms with Crippen molar-refractivity contribution in [2.75, 3.05) is 6.54 Å². The fourth-order valence-corrected chi connectivity index (χ4v) is 2.31. The van der Waals surface area contributed by atoms with Crippen LogP contribution in [0.1, 0.15) is 37.7 Å². The van der Waals surface area contributed by atoms with Crippen molar-refractivity contribution in [2.24, 2.45) is 0 Å². The Balaban J connectivity index is 1.68. The normalized spacial score (nSPS) is 17.5. The van der Waals surface area contributed by atoms with E-state index in [9.17, 15) is 13.2 Å². The lowest BCUT2D eigenvalue weighted by Gasteiger charge is -2.11. The number of nitrogens with one attached hydrogen (secondary N) is 1. The van der Waals surface area contributed by atoms with Gasteiger partial charge in [-0.25, -0.2) is 0 Å². The van der Waals surface area contributed by atoms with Gasteiger partial charge < -0.3 is 5.32 Å². The Morgan fingerprint density at radius 1 is 1.33 bits per heavy atom. The van der Waals surface area contributed by atoms with E-state index in [1.807, 2.05) is 0 Å². The Bertz CT molecular complexity index is 367. The minimum Gasteiger partial charge on any atom is -0.314 e. The molecular weight excluding hydrogens is 243 g/mol. The summed E-state index contributed by atoms with van der Waals surface area (Å²) < 4.78 is 38.3. The van der Waals surface area contributed by atoms with E-state index in [4.69, 9.17) is 0 Å². The van der Waals surface area contributed by atoms with Gasteiger partial charge in [0.05, 0.1) is 11.8 Å². The summed E-state index contributed by atoms with van der Waals surface area (Å²) in [5.41, 5.74) is -0.675. The monoisotopic (exact) mass is 261 g/mol. The van der Waals surface area contributed by atoms with E-state index >= 15 is 0 Å². The topological polar surface area (TPSA) is 29.9 Å². The van der Waals surface area contributed by atoms with Gasteiger partial charge >= 0.3 is 6.18 Å². The molecule has 18 heavy (non-hydrogen) atoms. The largest absolute Gasteiger partial charge is 0.419 e. The zero-order chi connectivity index (χ0) is 13.0. The number of aromatic nitrogens is 2. The molecule has 1 heterocycles. The third-order valence-corrected chi connectivity index (χ3v) is 3.31. The molecule has 0 amide bonds. The molecule has 0 saturated heterocycles. The highest BCUT2D eigenvalue weighted by atomic mass is 19.4. The van der Waals surface area contributed by atoms with Crippen LogP contribution < -0.4 is 5.32 Å². The van der Waals surface area contributed by atoms with E-state index in [1.54, 1.807) is 0 Å². The van der Waals surface area contributed by atoms with Gasteiger partial charge in [0.1, 0.15) is 0 Å². The van der Waals surface area contributed by atoms with Gasteiger partial charge in [0.15, 0.2) is 0 Å². The zero-order valence-electron chi connectivity index (χ0n) is 10.2. The molecular formula is C12H18F3N3. The SMILES string of the molecule is FC(F)(F)c1cnn(CCCNC2CCCC2)c1. The number of halogens is 3. The molecule has 0 spiro atoms. The molecule has 3 nitrogen and oxygen atoms in total. The van der Waals surface area contributed by atoms with Gasteiger partial charge in [-0.1, -0.05) is 12.8 Å². The molecule has 0 aromatic carbocycles. The van der Waals surface area contributed by atoms with Crippen LogP contribution in [-0.4, -0.2) is 22.4 Å². The summed E-state index contributed by atoms with van der Waals surface area (Å²) in [6.07, 6.45) is 3.47. The predicted octanol–water partition coefficient (Wildman–Crippen LogP) is 2.82. The summed E-state index contributed by atoms with van der Waals surface area (Å²) in [4.78, 5) is 0. The number of hydrogen-bond donors (Lipinski definition) is 1. The van der Waals surface area contributed by atoms with Crippen LogP contribution in [0.2, 0.25) is 0 Å². The van der Waals surface area contributed by atoms with Crippen molar-refractivity contribution in [1.29, 1.82) is 0 Å². The van der Waals surface area contributed by atoms with Crippen LogP contribution in [0.25, 0.3) is 0 Å². The average Bonchev–Trinajstić information content (AvgIpc) is 2.95. The summed E-state index contributed by atoms with van der Waals surface area (Å²) in [5, 5.41) is 7.15. The lowest BCUT2D eigenvalue weighted by atomic mass is 10.2. The molecule has 1 N–H and O–H groups in total. The molecule has 0 atom stereocenters. The smallest absolute Gasteiger partial charge is 0.314 e. The maximum atomic E-state index is 12.3. The van der Waals surface area contributed by atoms with E-state index in [-0.39, 0.29) is 0 Å². The fraction of sp³-hybridized carbons (Fsp3) is 0.750. The summed E-state index contributed by atoms with van der Waals surface area (Å²) >= 11 is 0. The van der Waals surface area contributed by atoms with Crippen LogP contribution in [0.3, 0.4) is 0 Å². The molecule has 1 aliphatic rings. The Labute approximate surface area is 104 Å². The van der Waals surface area contributed by atoms with Crippen LogP contribution in [0.15, 0.2) is 12.4 Å². The lowest BCUT2D eigenvalue weighted by Crippen LogP contribution is -2.27. The van der Waals surface area contributed by atoms with E-state index in [2.05, 4.69) is 10.4 Å². The first-order valence-corrected chi connectivity index (χ1v) is 6.39. The van der Waals surface area contributed by atoms with Crippen molar-refractivity contribution in [3.63, 3.8) is 0 Å². The Hall–Kier alpha value is -1.04. The first-order valence-electron chi connectivity index (χ1n) is 6.39. The standard InChI is InChI=1S/C12H18F3N3/c13-12(14,15)10-8-17-18(9-10)7-3-6-16-11-4-1-2-5-11/h8-9,11,16H,1-7H2. The Morgan fingerprint density at radius 2 is 2.06 bits per heavy atom. The van der Waals surface area contributed by atoms with E-state index < -0.39 is 11.7 Å². The molecule has 0 aliphatic heterocycles. The van der Waals surface area contributed by atoms with Crippen LogP contribution in [-0.2, 0) is 12.7 Å². The van der Waals surface area contributed by atoms with Gasteiger partial charge in [0.25, 0.3) is 0 Å². The second-order valence-corrected chi connectivity index (χ2v) is 4.78. The van der Waals surface area contributed by atoms with E-state index in [0.29, 0.717) is 12.6 Å². The third kappa shape index (κ3) is 3.73. The Kier molecular flexibility index (Phi) is 4.27. The van der Waals surface area contributed by atoms with Crippen LogP contribution in [0.4, 0.5) is 13.2 Å². The van der Waals surface area contributed by atoms with Crippen molar-refractivity contribution < 1.29 is 13.2 Å². The third-order valence-electron chi connectivity index (χ3n) is 3.31.